The smallest absolute Gasteiger partial charge is 0.273 e. The highest BCUT2D eigenvalue weighted by Gasteiger charge is 2.22. The molecule has 0 radical (unpaired) electrons. The molecule has 1 aliphatic rings. The quantitative estimate of drug-likeness (QED) is 0.704. The van der Waals surface area contributed by atoms with Gasteiger partial charge in [0.25, 0.3) is 5.91 Å². The lowest BCUT2D eigenvalue weighted by Gasteiger charge is -2.26. The number of oxazole rings is 1. The number of hydrogen-bond acceptors (Lipinski definition) is 6. The molecule has 1 amide bonds. The zero-order valence-corrected chi connectivity index (χ0v) is 14.8. The molecule has 1 unspecified atom stereocenters. The fraction of sp³-hybridized carbons (Fsp3) is 0.200. The number of carbonyl (C=O) groups is 1. The average molecular weight is 384 g/mol. The average Bonchev–Trinajstić information content (AvgIpc) is 3.20. The summed E-state index contributed by atoms with van der Waals surface area (Å²) in [6.07, 6.45) is 0.915. The summed E-state index contributed by atoms with van der Waals surface area (Å²) in [6, 6.07) is 13.4. The fourth-order valence-electron chi connectivity index (χ4n) is 2.64. The summed E-state index contributed by atoms with van der Waals surface area (Å²) in [5.41, 5.74) is 0.101. The van der Waals surface area contributed by atoms with Crippen molar-refractivity contribution >= 4 is 5.91 Å². The number of hydrogen-bond donors (Lipinski definition) is 1. The van der Waals surface area contributed by atoms with Gasteiger partial charge in [0.15, 0.2) is 35.4 Å². The Balaban J connectivity index is 1.28. The van der Waals surface area contributed by atoms with Crippen molar-refractivity contribution in [3.05, 3.63) is 72.2 Å². The first-order chi connectivity index (χ1) is 13.7. The number of amides is 1. The molecule has 1 atom stereocenters. The summed E-state index contributed by atoms with van der Waals surface area (Å²) in [5, 5.41) is 2.73. The monoisotopic (exact) mass is 384 g/mol. The SMILES string of the molecule is O=C(NCC1COc2ccccc2O1)c1coc(COc2ccccc2F)n1. The molecule has 28 heavy (non-hydrogen) atoms. The van der Waals surface area contributed by atoms with Gasteiger partial charge in [0, 0.05) is 0 Å². The second-order valence-electron chi connectivity index (χ2n) is 6.05. The standard InChI is InChI=1S/C20H17FN2O5/c21-14-5-1-2-6-16(14)26-12-19-23-15(11-27-19)20(24)22-9-13-10-25-17-7-3-4-8-18(17)28-13/h1-8,11,13H,9-10,12H2,(H,22,24). The van der Waals surface area contributed by atoms with Gasteiger partial charge < -0.3 is 23.9 Å². The van der Waals surface area contributed by atoms with Crippen LogP contribution in [0.1, 0.15) is 16.4 Å². The van der Waals surface area contributed by atoms with Crippen LogP contribution in [0.4, 0.5) is 4.39 Å². The molecule has 2 heterocycles. The van der Waals surface area contributed by atoms with Gasteiger partial charge in [0.05, 0.1) is 6.54 Å². The molecule has 1 aromatic heterocycles. The third kappa shape index (κ3) is 4.06. The van der Waals surface area contributed by atoms with Crippen molar-refractivity contribution in [2.75, 3.05) is 13.2 Å². The van der Waals surface area contributed by atoms with Crippen molar-refractivity contribution < 1.29 is 27.8 Å². The van der Waals surface area contributed by atoms with Crippen molar-refractivity contribution in [2.45, 2.75) is 12.7 Å². The number of nitrogens with one attached hydrogen (secondary N) is 1. The number of para-hydroxylation sites is 3. The van der Waals surface area contributed by atoms with Gasteiger partial charge in [-0.25, -0.2) is 9.37 Å². The van der Waals surface area contributed by atoms with Crippen LogP contribution >= 0.6 is 0 Å². The topological polar surface area (TPSA) is 82.8 Å². The van der Waals surface area contributed by atoms with E-state index in [1.54, 1.807) is 12.1 Å². The second kappa shape index (κ2) is 7.99. The molecular formula is C20H17FN2O5. The summed E-state index contributed by atoms with van der Waals surface area (Å²) in [5.74, 6) is 0.677. The Hall–Kier alpha value is -3.55. The number of carbonyl (C=O) groups excluding carboxylic acids is 1. The van der Waals surface area contributed by atoms with E-state index in [-0.39, 0.29) is 36.6 Å². The van der Waals surface area contributed by atoms with E-state index in [0.717, 1.165) is 0 Å². The molecule has 0 bridgehead atoms. The maximum Gasteiger partial charge on any atom is 0.273 e. The van der Waals surface area contributed by atoms with E-state index in [1.165, 1.54) is 18.4 Å². The minimum absolute atomic E-state index is 0.0847. The first-order valence-electron chi connectivity index (χ1n) is 8.67. The minimum Gasteiger partial charge on any atom is -0.486 e. The van der Waals surface area contributed by atoms with Gasteiger partial charge in [0.2, 0.25) is 5.89 Å². The number of fused-ring (bicyclic) bond motifs is 1. The summed E-state index contributed by atoms with van der Waals surface area (Å²) < 4.78 is 35.4. The Labute approximate surface area is 160 Å². The molecule has 0 aliphatic carbocycles. The van der Waals surface area contributed by atoms with Gasteiger partial charge in [-0.3, -0.25) is 4.79 Å². The fourth-order valence-corrected chi connectivity index (χ4v) is 2.64. The number of aromatic nitrogens is 1. The molecule has 0 fully saturated rings. The predicted molar refractivity (Wildman–Crippen MR) is 95.9 cm³/mol. The van der Waals surface area contributed by atoms with Crippen LogP contribution in [0.25, 0.3) is 0 Å². The molecule has 0 saturated carbocycles. The lowest BCUT2D eigenvalue weighted by Crippen LogP contribution is -2.40. The van der Waals surface area contributed by atoms with Crippen molar-refractivity contribution in [1.82, 2.24) is 10.3 Å². The van der Waals surface area contributed by atoms with E-state index < -0.39 is 11.7 Å². The molecule has 144 valence electrons. The van der Waals surface area contributed by atoms with E-state index >= 15 is 0 Å². The molecule has 2 aromatic carbocycles. The number of benzene rings is 2. The van der Waals surface area contributed by atoms with Crippen molar-refractivity contribution in [3.8, 4) is 17.2 Å². The Kier molecular flexibility index (Phi) is 5.09. The maximum absolute atomic E-state index is 13.5. The Morgan fingerprint density at radius 2 is 1.96 bits per heavy atom. The Morgan fingerprint density at radius 1 is 1.18 bits per heavy atom. The first kappa shape index (κ1) is 17.8. The first-order valence-corrected chi connectivity index (χ1v) is 8.67. The molecule has 8 heteroatoms. The largest absolute Gasteiger partial charge is 0.486 e. The van der Waals surface area contributed by atoms with E-state index in [1.807, 2.05) is 24.3 Å². The van der Waals surface area contributed by atoms with Crippen LogP contribution in [-0.4, -0.2) is 30.1 Å². The molecule has 0 spiro atoms. The molecule has 3 aromatic rings. The second-order valence-corrected chi connectivity index (χ2v) is 6.05. The van der Waals surface area contributed by atoms with Crippen LogP contribution < -0.4 is 19.5 Å². The zero-order valence-electron chi connectivity index (χ0n) is 14.8. The molecule has 1 N–H and O–H groups in total. The number of ether oxygens (including phenoxy) is 3. The van der Waals surface area contributed by atoms with Gasteiger partial charge in [0.1, 0.15) is 19.0 Å². The van der Waals surface area contributed by atoms with Crippen LogP contribution in [-0.2, 0) is 6.61 Å². The van der Waals surface area contributed by atoms with Crippen LogP contribution in [0, 0.1) is 5.82 Å². The number of rotatable bonds is 6. The lowest BCUT2D eigenvalue weighted by atomic mass is 10.2. The van der Waals surface area contributed by atoms with Crippen molar-refractivity contribution in [3.63, 3.8) is 0 Å². The highest BCUT2D eigenvalue weighted by molar-refractivity contribution is 5.91. The van der Waals surface area contributed by atoms with Gasteiger partial charge in [-0.15, -0.1) is 0 Å². The third-order valence-corrected chi connectivity index (χ3v) is 4.03. The van der Waals surface area contributed by atoms with Gasteiger partial charge in [-0.1, -0.05) is 24.3 Å². The number of nitrogens with zero attached hydrogens (tertiary/aromatic N) is 1. The highest BCUT2D eigenvalue weighted by atomic mass is 19.1. The summed E-state index contributed by atoms with van der Waals surface area (Å²) in [7, 11) is 0. The summed E-state index contributed by atoms with van der Waals surface area (Å²) in [6.45, 7) is 0.490. The van der Waals surface area contributed by atoms with E-state index in [4.69, 9.17) is 18.6 Å². The van der Waals surface area contributed by atoms with E-state index in [9.17, 15) is 9.18 Å². The lowest BCUT2D eigenvalue weighted by molar-refractivity contribution is 0.0786. The Bertz CT molecular complexity index is 974. The zero-order chi connectivity index (χ0) is 19.3. The van der Waals surface area contributed by atoms with Crippen LogP contribution in [0.15, 0.2) is 59.2 Å². The molecular weight excluding hydrogens is 367 g/mol. The van der Waals surface area contributed by atoms with E-state index in [2.05, 4.69) is 10.3 Å². The highest BCUT2D eigenvalue weighted by Crippen LogP contribution is 2.30. The predicted octanol–water partition coefficient (Wildman–Crippen LogP) is 2.96. The summed E-state index contributed by atoms with van der Waals surface area (Å²) in [4.78, 5) is 16.3. The van der Waals surface area contributed by atoms with Gasteiger partial charge in [-0.05, 0) is 24.3 Å². The van der Waals surface area contributed by atoms with Crippen LogP contribution in [0.3, 0.4) is 0 Å². The Morgan fingerprint density at radius 3 is 2.82 bits per heavy atom. The molecule has 1 aliphatic heterocycles. The maximum atomic E-state index is 13.5. The number of halogens is 1. The van der Waals surface area contributed by atoms with Crippen LogP contribution in [0.5, 0.6) is 17.2 Å². The van der Waals surface area contributed by atoms with Crippen molar-refractivity contribution in [2.24, 2.45) is 0 Å². The van der Waals surface area contributed by atoms with Gasteiger partial charge >= 0.3 is 0 Å². The van der Waals surface area contributed by atoms with Gasteiger partial charge in [-0.2, -0.15) is 0 Å². The minimum atomic E-state index is -0.483. The summed E-state index contributed by atoms with van der Waals surface area (Å²) >= 11 is 0. The van der Waals surface area contributed by atoms with Crippen molar-refractivity contribution in [1.29, 1.82) is 0 Å². The third-order valence-electron chi connectivity index (χ3n) is 4.03. The molecule has 0 saturated heterocycles. The molecule has 7 nitrogen and oxygen atoms in total. The van der Waals surface area contributed by atoms with E-state index in [0.29, 0.717) is 18.1 Å². The molecule has 4 rings (SSSR count). The van der Waals surface area contributed by atoms with Crippen LogP contribution in [0.2, 0.25) is 0 Å². The normalized spacial score (nSPS) is 15.1.